The Balaban J connectivity index is 2.57. The van der Waals surface area contributed by atoms with Crippen LogP contribution in [0, 0.1) is 11.3 Å². The summed E-state index contributed by atoms with van der Waals surface area (Å²) >= 11 is 3.12. The van der Waals surface area contributed by atoms with Gasteiger partial charge in [-0.25, -0.2) is 14.6 Å². The first-order chi connectivity index (χ1) is 6.81. The molecule has 0 N–H and O–H groups in total. The van der Waals surface area contributed by atoms with Crippen LogP contribution in [0.4, 0.5) is 0 Å². The molecule has 0 amide bonds. The van der Waals surface area contributed by atoms with E-state index in [0.29, 0.717) is 16.1 Å². The van der Waals surface area contributed by atoms with Gasteiger partial charge in [0, 0.05) is 6.20 Å². The summed E-state index contributed by atoms with van der Waals surface area (Å²) in [7, 11) is 0. The summed E-state index contributed by atoms with van der Waals surface area (Å²) in [5, 5.41) is 12.8. The van der Waals surface area contributed by atoms with E-state index in [-0.39, 0.29) is 0 Å². The van der Waals surface area contributed by atoms with E-state index in [1.54, 1.807) is 18.3 Å². The van der Waals surface area contributed by atoms with Crippen LogP contribution in [0.1, 0.15) is 5.56 Å². The van der Waals surface area contributed by atoms with Gasteiger partial charge in [0.15, 0.2) is 5.82 Å². The topological polar surface area (TPSA) is 67.4 Å². The molecule has 5 nitrogen and oxygen atoms in total. The molecule has 2 aromatic rings. The Morgan fingerprint density at radius 3 is 2.93 bits per heavy atom. The smallest absolute Gasteiger partial charge is 0.217 e. The summed E-state index contributed by atoms with van der Waals surface area (Å²) in [6.07, 6.45) is 3.10. The van der Waals surface area contributed by atoms with Gasteiger partial charge in [0.05, 0.1) is 5.56 Å². The molecule has 2 aromatic heterocycles. The highest BCUT2D eigenvalue weighted by molar-refractivity contribution is 9.10. The third kappa shape index (κ3) is 1.49. The first-order valence-corrected chi connectivity index (χ1v) is 4.53. The molecule has 14 heavy (non-hydrogen) atoms. The second kappa shape index (κ2) is 3.55. The van der Waals surface area contributed by atoms with Crippen molar-refractivity contribution in [3.8, 4) is 11.9 Å². The van der Waals surface area contributed by atoms with E-state index in [1.807, 2.05) is 6.07 Å². The molecule has 0 radical (unpaired) electrons. The van der Waals surface area contributed by atoms with Gasteiger partial charge in [-0.05, 0) is 28.1 Å². The Hall–Kier alpha value is -1.74. The monoisotopic (exact) mass is 249 g/mol. The lowest BCUT2D eigenvalue weighted by Gasteiger charge is -1.99. The predicted molar refractivity (Wildman–Crippen MR) is 51.6 cm³/mol. The van der Waals surface area contributed by atoms with E-state index in [2.05, 4.69) is 31.0 Å². The van der Waals surface area contributed by atoms with Gasteiger partial charge in [-0.1, -0.05) is 0 Å². The van der Waals surface area contributed by atoms with Crippen LogP contribution in [0.3, 0.4) is 0 Å². The van der Waals surface area contributed by atoms with Crippen LogP contribution in [0.2, 0.25) is 0 Å². The highest BCUT2D eigenvalue weighted by Gasteiger charge is 2.06. The Morgan fingerprint density at radius 1 is 1.43 bits per heavy atom. The van der Waals surface area contributed by atoms with Gasteiger partial charge in [0.1, 0.15) is 12.4 Å². The zero-order chi connectivity index (χ0) is 9.97. The maximum atomic E-state index is 8.82. The van der Waals surface area contributed by atoms with Crippen molar-refractivity contribution in [3.05, 3.63) is 35.0 Å². The Morgan fingerprint density at radius 2 is 2.29 bits per heavy atom. The van der Waals surface area contributed by atoms with Crippen molar-refractivity contribution in [2.45, 2.75) is 0 Å². The molecule has 2 rings (SSSR count). The second-order valence-corrected chi connectivity index (χ2v) is 3.15. The fourth-order valence-electron chi connectivity index (χ4n) is 1.01. The molecule has 0 fully saturated rings. The molecular formula is C8H4BrN5. The van der Waals surface area contributed by atoms with Crippen LogP contribution >= 0.6 is 15.9 Å². The Kier molecular flexibility index (Phi) is 2.24. The molecule has 0 bridgehead atoms. The largest absolute Gasteiger partial charge is 0.236 e. The summed E-state index contributed by atoms with van der Waals surface area (Å²) < 4.78 is 1.91. The van der Waals surface area contributed by atoms with E-state index in [4.69, 9.17) is 5.26 Å². The van der Waals surface area contributed by atoms with Gasteiger partial charge in [-0.2, -0.15) is 5.26 Å². The lowest BCUT2D eigenvalue weighted by atomic mass is 10.3. The van der Waals surface area contributed by atoms with Crippen LogP contribution in [0.5, 0.6) is 0 Å². The number of hydrogen-bond acceptors (Lipinski definition) is 4. The molecule has 0 atom stereocenters. The first-order valence-electron chi connectivity index (χ1n) is 3.74. The predicted octanol–water partition coefficient (Wildman–Crippen LogP) is 1.30. The number of nitriles is 1. The maximum absolute atomic E-state index is 8.82. The summed E-state index contributed by atoms with van der Waals surface area (Å²) in [6, 6.07) is 5.42. The molecule has 0 aliphatic carbocycles. The van der Waals surface area contributed by atoms with E-state index in [1.165, 1.54) is 11.0 Å². The van der Waals surface area contributed by atoms with Crippen molar-refractivity contribution in [2.75, 3.05) is 0 Å². The van der Waals surface area contributed by atoms with Crippen molar-refractivity contribution in [3.63, 3.8) is 0 Å². The normalized spacial score (nSPS) is 9.71. The number of aromatic nitrogens is 4. The summed E-state index contributed by atoms with van der Waals surface area (Å²) in [6.45, 7) is 0. The molecule has 0 aliphatic heterocycles. The number of rotatable bonds is 1. The molecule has 0 aromatic carbocycles. The molecule has 68 valence electrons. The fourth-order valence-corrected chi connectivity index (χ4v) is 1.27. The molecule has 0 spiro atoms. The minimum absolute atomic E-state index is 0.463. The SMILES string of the molecule is N#Cc1cccnc1-n1cnc(Br)n1. The lowest BCUT2D eigenvalue weighted by Crippen LogP contribution is -2.00. The molecular weight excluding hydrogens is 246 g/mol. The van der Waals surface area contributed by atoms with Crippen LogP contribution < -0.4 is 0 Å². The molecule has 0 saturated heterocycles. The highest BCUT2D eigenvalue weighted by Crippen LogP contribution is 2.09. The number of nitrogens with zero attached hydrogens (tertiary/aromatic N) is 5. The number of halogens is 1. The van der Waals surface area contributed by atoms with Crippen LogP contribution in [0.15, 0.2) is 29.4 Å². The summed E-state index contributed by atoms with van der Waals surface area (Å²) in [4.78, 5) is 7.94. The maximum Gasteiger partial charge on any atom is 0.217 e. The Bertz CT molecular complexity index is 498. The first kappa shape index (κ1) is 8.84. The molecule has 6 heteroatoms. The third-order valence-corrected chi connectivity index (χ3v) is 1.95. The zero-order valence-corrected chi connectivity index (χ0v) is 8.51. The minimum atomic E-state index is 0.463. The van der Waals surface area contributed by atoms with E-state index >= 15 is 0 Å². The van der Waals surface area contributed by atoms with E-state index in [9.17, 15) is 0 Å². The van der Waals surface area contributed by atoms with Gasteiger partial charge < -0.3 is 0 Å². The standard InChI is InChI=1S/C8H4BrN5/c9-8-12-5-14(13-8)7-6(4-10)2-1-3-11-7/h1-3,5H. The van der Waals surface area contributed by atoms with Crippen LogP contribution in [-0.2, 0) is 0 Å². The summed E-state index contributed by atoms with van der Waals surface area (Å²) in [5.74, 6) is 0.480. The molecule has 0 saturated carbocycles. The van der Waals surface area contributed by atoms with Crippen LogP contribution in [-0.4, -0.2) is 19.7 Å². The average Bonchev–Trinajstić information content (AvgIpc) is 2.65. The highest BCUT2D eigenvalue weighted by atomic mass is 79.9. The summed E-state index contributed by atoms with van der Waals surface area (Å²) in [5.41, 5.74) is 0.463. The zero-order valence-electron chi connectivity index (χ0n) is 6.92. The number of hydrogen-bond donors (Lipinski definition) is 0. The minimum Gasteiger partial charge on any atom is -0.236 e. The van der Waals surface area contributed by atoms with Gasteiger partial charge >= 0.3 is 0 Å². The van der Waals surface area contributed by atoms with Crippen molar-refractivity contribution in [1.29, 1.82) is 5.26 Å². The van der Waals surface area contributed by atoms with Crippen molar-refractivity contribution in [1.82, 2.24) is 19.7 Å². The molecule has 0 unspecified atom stereocenters. The van der Waals surface area contributed by atoms with Crippen LogP contribution in [0.25, 0.3) is 5.82 Å². The lowest BCUT2D eigenvalue weighted by molar-refractivity contribution is 0.834. The fraction of sp³-hybridized carbons (Fsp3) is 0. The third-order valence-electron chi connectivity index (χ3n) is 1.59. The quantitative estimate of drug-likeness (QED) is 0.764. The number of pyridine rings is 1. The van der Waals surface area contributed by atoms with Gasteiger partial charge in [0.25, 0.3) is 0 Å². The molecule has 0 aliphatic rings. The Labute approximate surface area is 88.2 Å². The van der Waals surface area contributed by atoms with Gasteiger partial charge in [-0.15, -0.1) is 5.10 Å². The molecule has 2 heterocycles. The van der Waals surface area contributed by atoms with E-state index < -0.39 is 0 Å². The van der Waals surface area contributed by atoms with Gasteiger partial charge in [0.2, 0.25) is 4.73 Å². The van der Waals surface area contributed by atoms with Crippen molar-refractivity contribution in [2.24, 2.45) is 0 Å². The van der Waals surface area contributed by atoms with E-state index in [0.717, 1.165) is 0 Å². The van der Waals surface area contributed by atoms with Crippen molar-refractivity contribution >= 4 is 15.9 Å². The van der Waals surface area contributed by atoms with Gasteiger partial charge in [-0.3, -0.25) is 0 Å². The second-order valence-electron chi connectivity index (χ2n) is 2.44. The average molecular weight is 250 g/mol. The van der Waals surface area contributed by atoms with Crippen molar-refractivity contribution < 1.29 is 0 Å².